The van der Waals surface area contributed by atoms with Gasteiger partial charge in [-0.25, -0.2) is 14.8 Å². The summed E-state index contributed by atoms with van der Waals surface area (Å²) in [5, 5.41) is 11.5. The molecule has 0 aliphatic heterocycles. The van der Waals surface area contributed by atoms with Crippen molar-refractivity contribution >= 4 is 28.7 Å². The summed E-state index contributed by atoms with van der Waals surface area (Å²) in [7, 11) is 0. The van der Waals surface area contributed by atoms with E-state index >= 15 is 0 Å². The summed E-state index contributed by atoms with van der Waals surface area (Å²) >= 11 is 3.08. The number of hydrogen-bond donors (Lipinski definition) is 2. The van der Waals surface area contributed by atoms with Crippen LogP contribution in [0.5, 0.6) is 0 Å². The van der Waals surface area contributed by atoms with Gasteiger partial charge in [-0.15, -0.1) is 22.7 Å². The highest BCUT2D eigenvalue weighted by molar-refractivity contribution is 7.09. The summed E-state index contributed by atoms with van der Waals surface area (Å²) in [6.45, 7) is 3.94. The first-order valence-electron chi connectivity index (χ1n) is 6.06. The lowest BCUT2D eigenvalue weighted by Gasteiger charge is -2.17. The Balaban J connectivity index is 1.90. The van der Waals surface area contributed by atoms with Gasteiger partial charge in [0.2, 0.25) is 0 Å². The fourth-order valence-corrected chi connectivity index (χ4v) is 3.07. The second kappa shape index (κ2) is 6.63. The van der Waals surface area contributed by atoms with Crippen molar-refractivity contribution in [3.8, 4) is 0 Å². The Bertz CT molecular complexity index is 498. The van der Waals surface area contributed by atoms with Crippen LogP contribution in [0.25, 0.3) is 0 Å². The maximum absolute atomic E-state index is 11.9. The second-order valence-electron chi connectivity index (χ2n) is 4.04. The average molecular weight is 296 g/mol. The molecular formula is C12H16N4OS2. The monoisotopic (exact) mass is 296 g/mol. The van der Waals surface area contributed by atoms with Gasteiger partial charge in [0.05, 0.1) is 12.1 Å². The Morgan fingerprint density at radius 1 is 1.21 bits per heavy atom. The molecule has 2 heterocycles. The molecule has 0 fully saturated rings. The van der Waals surface area contributed by atoms with E-state index in [0.29, 0.717) is 0 Å². The number of thiazole rings is 2. The van der Waals surface area contributed by atoms with Crippen molar-refractivity contribution in [2.24, 2.45) is 0 Å². The summed E-state index contributed by atoms with van der Waals surface area (Å²) in [5.41, 5.74) is 0. The minimum atomic E-state index is -0.190. The minimum Gasteiger partial charge on any atom is -0.329 e. The minimum absolute atomic E-state index is 0.0384. The van der Waals surface area contributed by atoms with Crippen LogP contribution in [0.2, 0.25) is 0 Å². The lowest BCUT2D eigenvalue weighted by atomic mass is 10.2. The first-order valence-corrected chi connectivity index (χ1v) is 7.82. The van der Waals surface area contributed by atoms with Gasteiger partial charge < -0.3 is 10.6 Å². The first-order chi connectivity index (χ1) is 9.20. The molecule has 19 heavy (non-hydrogen) atoms. The van der Waals surface area contributed by atoms with Gasteiger partial charge in [-0.05, 0) is 13.3 Å². The van der Waals surface area contributed by atoms with Crippen LogP contribution >= 0.6 is 22.7 Å². The Hall–Kier alpha value is -1.47. The van der Waals surface area contributed by atoms with Crippen molar-refractivity contribution in [1.82, 2.24) is 20.6 Å². The summed E-state index contributed by atoms with van der Waals surface area (Å²) in [5.74, 6) is 0. The van der Waals surface area contributed by atoms with Crippen molar-refractivity contribution in [2.45, 2.75) is 32.4 Å². The van der Waals surface area contributed by atoms with Crippen LogP contribution in [0, 0.1) is 0 Å². The molecule has 2 unspecified atom stereocenters. The van der Waals surface area contributed by atoms with Gasteiger partial charge in [-0.1, -0.05) is 6.92 Å². The average Bonchev–Trinajstić information content (AvgIpc) is 3.07. The predicted molar refractivity (Wildman–Crippen MR) is 77.3 cm³/mol. The van der Waals surface area contributed by atoms with E-state index in [-0.39, 0.29) is 18.1 Å². The van der Waals surface area contributed by atoms with Gasteiger partial charge in [0.1, 0.15) is 10.0 Å². The van der Waals surface area contributed by atoms with E-state index in [4.69, 9.17) is 0 Å². The predicted octanol–water partition coefficient (Wildman–Crippen LogP) is 3.11. The third-order valence-corrected chi connectivity index (χ3v) is 4.48. The molecule has 0 spiro atoms. The van der Waals surface area contributed by atoms with Gasteiger partial charge in [0, 0.05) is 23.2 Å². The molecule has 0 saturated carbocycles. The highest BCUT2D eigenvalue weighted by Crippen LogP contribution is 2.19. The third-order valence-electron chi connectivity index (χ3n) is 2.63. The summed E-state index contributed by atoms with van der Waals surface area (Å²) in [6, 6.07) is -0.318. The molecule has 2 N–H and O–H groups in total. The van der Waals surface area contributed by atoms with Crippen LogP contribution in [0.1, 0.15) is 42.4 Å². The van der Waals surface area contributed by atoms with Crippen LogP contribution in [-0.2, 0) is 0 Å². The Morgan fingerprint density at radius 3 is 2.37 bits per heavy atom. The summed E-state index contributed by atoms with van der Waals surface area (Å²) in [6.07, 6.45) is 4.30. The van der Waals surface area contributed by atoms with Crippen molar-refractivity contribution in [3.63, 3.8) is 0 Å². The molecule has 2 aromatic rings. The first kappa shape index (κ1) is 14.0. The molecule has 2 amide bonds. The number of nitrogens with zero attached hydrogens (tertiary/aromatic N) is 2. The van der Waals surface area contributed by atoms with Gasteiger partial charge in [0.15, 0.2) is 0 Å². The van der Waals surface area contributed by atoms with Gasteiger partial charge in [-0.2, -0.15) is 0 Å². The smallest absolute Gasteiger partial charge is 0.315 e. The molecule has 5 nitrogen and oxygen atoms in total. The van der Waals surface area contributed by atoms with E-state index in [2.05, 4.69) is 20.6 Å². The van der Waals surface area contributed by atoms with Crippen LogP contribution in [0.4, 0.5) is 4.79 Å². The molecule has 0 radical (unpaired) electrons. The molecule has 2 rings (SSSR count). The number of carbonyl (C=O) groups excluding carboxylic acids is 1. The Morgan fingerprint density at radius 2 is 1.84 bits per heavy atom. The third kappa shape index (κ3) is 3.74. The lowest BCUT2D eigenvalue weighted by molar-refractivity contribution is 0.233. The normalized spacial score (nSPS) is 13.8. The summed E-state index contributed by atoms with van der Waals surface area (Å²) in [4.78, 5) is 20.4. The number of aromatic nitrogens is 2. The van der Waals surface area contributed by atoms with E-state index < -0.39 is 0 Å². The Kier molecular flexibility index (Phi) is 4.86. The van der Waals surface area contributed by atoms with Gasteiger partial charge in [-0.3, -0.25) is 0 Å². The molecule has 0 saturated heterocycles. The zero-order valence-corrected chi connectivity index (χ0v) is 12.4. The second-order valence-corrected chi connectivity index (χ2v) is 5.89. The number of urea groups is 1. The number of hydrogen-bond acceptors (Lipinski definition) is 5. The number of rotatable bonds is 5. The van der Waals surface area contributed by atoms with Crippen molar-refractivity contribution < 1.29 is 4.79 Å². The lowest BCUT2D eigenvalue weighted by Crippen LogP contribution is -2.39. The van der Waals surface area contributed by atoms with Crippen LogP contribution in [-0.4, -0.2) is 16.0 Å². The molecule has 2 atom stereocenters. The van der Waals surface area contributed by atoms with E-state index in [1.165, 1.54) is 11.3 Å². The topological polar surface area (TPSA) is 66.9 Å². The number of amides is 2. The molecule has 0 aliphatic rings. The SMILES string of the molecule is CCC(NC(=O)NC(C)c1nccs1)c1nccs1. The van der Waals surface area contributed by atoms with E-state index in [1.807, 2.05) is 24.6 Å². The van der Waals surface area contributed by atoms with E-state index in [9.17, 15) is 4.79 Å². The van der Waals surface area contributed by atoms with Crippen molar-refractivity contribution in [2.75, 3.05) is 0 Å². The molecule has 2 aromatic heterocycles. The summed E-state index contributed by atoms with van der Waals surface area (Å²) < 4.78 is 0. The van der Waals surface area contributed by atoms with Crippen LogP contribution < -0.4 is 10.6 Å². The quantitative estimate of drug-likeness (QED) is 0.891. The van der Waals surface area contributed by atoms with E-state index in [1.54, 1.807) is 23.7 Å². The van der Waals surface area contributed by atoms with Gasteiger partial charge in [0.25, 0.3) is 0 Å². The molecule has 0 aliphatic carbocycles. The molecule has 102 valence electrons. The van der Waals surface area contributed by atoms with Crippen molar-refractivity contribution in [3.05, 3.63) is 33.2 Å². The fraction of sp³-hybridized carbons (Fsp3) is 0.417. The zero-order valence-electron chi connectivity index (χ0n) is 10.8. The van der Waals surface area contributed by atoms with Crippen LogP contribution in [0.3, 0.4) is 0 Å². The number of nitrogens with one attached hydrogen (secondary N) is 2. The highest BCUT2D eigenvalue weighted by Gasteiger charge is 2.17. The largest absolute Gasteiger partial charge is 0.329 e. The molecule has 0 aromatic carbocycles. The maximum atomic E-state index is 11.9. The Labute approximate surface area is 120 Å². The molecule has 0 bridgehead atoms. The fourth-order valence-electron chi connectivity index (χ4n) is 1.65. The standard InChI is InChI=1S/C12H16N4OS2/c1-3-9(11-14-5-7-19-11)16-12(17)15-8(2)10-13-4-6-18-10/h4-9H,3H2,1-2H3,(H2,15,16,17). The number of carbonyl (C=O) groups is 1. The maximum Gasteiger partial charge on any atom is 0.315 e. The molecular weight excluding hydrogens is 280 g/mol. The highest BCUT2D eigenvalue weighted by atomic mass is 32.1. The van der Waals surface area contributed by atoms with Crippen molar-refractivity contribution in [1.29, 1.82) is 0 Å². The van der Waals surface area contributed by atoms with Gasteiger partial charge >= 0.3 is 6.03 Å². The van der Waals surface area contributed by atoms with E-state index in [0.717, 1.165) is 16.4 Å². The van der Waals surface area contributed by atoms with Crippen LogP contribution in [0.15, 0.2) is 23.2 Å². The zero-order chi connectivity index (χ0) is 13.7. The molecule has 7 heteroatoms.